The smallest absolute Gasteiger partial charge is 0.329 e. The third-order valence-corrected chi connectivity index (χ3v) is 15.3. The van der Waals surface area contributed by atoms with Gasteiger partial charge in [-0.2, -0.15) is 10.2 Å². The molecule has 66 heavy (non-hydrogen) atoms. The molecule has 18 nitrogen and oxygen atoms in total. The SMILES string of the molecule is Cn1c(=O)n(C2CCC(=O)NC2=O)c2cccc(CCC(=O)N3CCC4(CC3)CN(C[C@H]3CC[C@H](n5cc(NC(=O)c6cnn7ccc(N8C[C@H]9C[C@@H]8CO9)nc67)c(C(F)F)n5)CC3)C4)c21. The van der Waals surface area contributed by atoms with Crippen molar-refractivity contribution in [2.24, 2.45) is 18.4 Å². The molecule has 1 aromatic carbocycles. The normalized spacial score (nSPS) is 25.4. The number of aromatic nitrogens is 7. The maximum Gasteiger partial charge on any atom is 0.329 e. The van der Waals surface area contributed by atoms with Gasteiger partial charge in [0, 0.05) is 71.6 Å². The standard InChI is InChI=1S/C46H54F2N12O6/c1-54-40-28(3-2-4-34(40)60(45(54)65)35-10-11-37(61)52-44(35)64)7-12-38(62)56-17-14-46(15-18-56)25-55(26-46)21-27-5-8-29(9-6-27)59-23-33(39(53-59)41(47)48)50-43(63)32-20-49-58-16-13-36(51-42(32)58)57-22-31-19-30(57)24-66-31/h2-4,13,16,20,23,27,29-31,35,41H,5-12,14-15,17-19,21-22,24-26H2,1H3,(H,50,63)(H,52,61,64)/t27-,29-,30-,31-,35?/m1/s1. The van der Waals surface area contributed by atoms with Gasteiger partial charge in [-0.3, -0.25) is 38.3 Å². The molecule has 2 bridgehead atoms. The number of aryl methyl sites for hydroxylation is 2. The van der Waals surface area contributed by atoms with Crippen molar-refractivity contribution in [1.82, 2.24) is 48.6 Å². The number of nitrogens with one attached hydrogen (secondary N) is 2. The Hall–Kier alpha value is -6.02. The maximum absolute atomic E-state index is 14.3. The number of nitrogens with zero attached hydrogens (tertiary/aromatic N) is 10. The lowest BCUT2D eigenvalue weighted by Crippen LogP contribution is -2.61. The van der Waals surface area contributed by atoms with Gasteiger partial charge in [0.1, 0.15) is 17.4 Å². The molecule has 4 amide bonds. The minimum atomic E-state index is -2.87. The van der Waals surface area contributed by atoms with E-state index in [1.54, 1.807) is 24.1 Å². The van der Waals surface area contributed by atoms with Gasteiger partial charge in [0.05, 0.1) is 47.7 Å². The highest BCUT2D eigenvalue weighted by Crippen LogP contribution is 2.43. The highest BCUT2D eigenvalue weighted by atomic mass is 19.3. The fraction of sp³-hybridized carbons (Fsp3) is 0.565. The third-order valence-electron chi connectivity index (χ3n) is 15.3. The number of hydrogen-bond acceptors (Lipinski definition) is 11. The monoisotopic (exact) mass is 908 g/mol. The zero-order valence-electron chi connectivity index (χ0n) is 36.9. The number of para-hydroxylation sites is 1. The number of carbonyl (C=O) groups is 4. The van der Waals surface area contributed by atoms with Crippen LogP contribution in [0, 0.1) is 11.3 Å². The van der Waals surface area contributed by atoms with Gasteiger partial charge in [-0.1, -0.05) is 12.1 Å². The average molecular weight is 909 g/mol. The Morgan fingerprint density at radius 2 is 1.83 bits per heavy atom. The summed E-state index contributed by atoms with van der Waals surface area (Å²) in [5.41, 5.74) is 2.16. The van der Waals surface area contributed by atoms with Crippen LogP contribution in [0.2, 0.25) is 0 Å². The number of imide groups is 1. The fourth-order valence-corrected chi connectivity index (χ4v) is 11.8. The van der Waals surface area contributed by atoms with E-state index in [4.69, 9.17) is 9.72 Å². The van der Waals surface area contributed by atoms with Crippen molar-refractivity contribution in [1.29, 1.82) is 0 Å². The first kappa shape index (κ1) is 42.6. The molecule has 20 heteroatoms. The molecule has 6 fully saturated rings. The molecule has 1 aliphatic carbocycles. The Morgan fingerprint density at radius 3 is 2.56 bits per heavy atom. The Balaban J connectivity index is 0.648. The van der Waals surface area contributed by atoms with Gasteiger partial charge < -0.3 is 24.8 Å². The number of piperidine rings is 2. The molecule has 11 rings (SSSR count). The van der Waals surface area contributed by atoms with Crippen LogP contribution in [-0.4, -0.2) is 125 Å². The molecule has 1 unspecified atom stereocenters. The van der Waals surface area contributed by atoms with E-state index in [9.17, 15) is 32.8 Å². The van der Waals surface area contributed by atoms with E-state index in [1.807, 2.05) is 29.2 Å². The van der Waals surface area contributed by atoms with Crippen LogP contribution < -0.4 is 21.2 Å². The minimum Gasteiger partial charge on any atom is -0.374 e. The van der Waals surface area contributed by atoms with E-state index in [0.29, 0.717) is 55.1 Å². The van der Waals surface area contributed by atoms with Crippen molar-refractivity contribution in [3.63, 3.8) is 0 Å². The number of anilines is 2. The molecule has 5 aliphatic heterocycles. The van der Waals surface area contributed by atoms with Gasteiger partial charge in [0.2, 0.25) is 17.7 Å². The van der Waals surface area contributed by atoms with E-state index in [1.165, 1.54) is 19.8 Å². The van der Waals surface area contributed by atoms with Gasteiger partial charge in [-0.05, 0) is 86.8 Å². The summed E-state index contributed by atoms with van der Waals surface area (Å²) in [6.45, 7) is 5.80. The Labute approximate surface area is 378 Å². The van der Waals surface area contributed by atoms with Crippen molar-refractivity contribution < 1.29 is 32.7 Å². The largest absolute Gasteiger partial charge is 0.374 e. The molecule has 348 valence electrons. The van der Waals surface area contributed by atoms with Crippen LogP contribution in [0.3, 0.4) is 0 Å². The van der Waals surface area contributed by atoms with E-state index in [-0.39, 0.29) is 65.2 Å². The molecule has 5 saturated heterocycles. The van der Waals surface area contributed by atoms with Crippen LogP contribution in [0.15, 0.2) is 47.7 Å². The van der Waals surface area contributed by atoms with Gasteiger partial charge in [0.15, 0.2) is 11.3 Å². The van der Waals surface area contributed by atoms with Crippen molar-refractivity contribution in [2.45, 2.75) is 101 Å². The molecule has 2 N–H and O–H groups in total. The number of carbonyl (C=O) groups excluding carboxylic acids is 4. The Morgan fingerprint density at radius 1 is 1.03 bits per heavy atom. The van der Waals surface area contributed by atoms with Gasteiger partial charge in [-0.25, -0.2) is 23.1 Å². The fourth-order valence-electron chi connectivity index (χ4n) is 11.8. The van der Waals surface area contributed by atoms with Crippen LogP contribution in [-0.2, 0) is 32.6 Å². The van der Waals surface area contributed by atoms with E-state index < -0.39 is 30.0 Å². The topological polar surface area (TPSA) is 186 Å². The first-order chi connectivity index (χ1) is 31.9. The average Bonchev–Trinajstić information content (AvgIpc) is 4.16. The van der Waals surface area contributed by atoms with Gasteiger partial charge in [0.25, 0.3) is 12.3 Å². The lowest BCUT2D eigenvalue weighted by molar-refractivity contribution is -0.137. The van der Waals surface area contributed by atoms with Crippen molar-refractivity contribution >= 4 is 51.8 Å². The number of ether oxygens (including phenoxy) is 1. The van der Waals surface area contributed by atoms with Crippen molar-refractivity contribution in [2.75, 3.05) is 56.1 Å². The number of amides is 4. The molecular weight excluding hydrogens is 855 g/mol. The number of halogens is 2. The summed E-state index contributed by atoms with van der Waals surface area (Å²) in [7, 11) is 1.68. The summed E-state index contributed by atoms with van der Waals surface area (Å²) in [6.07, 6.45) is 9.58. The van der Waals surface area contributed by atoms with E-state index >= 15 is 0 Å². The summed E-state index contributed by atoms with van der Waals surface area (Å²) in [5.74, 6) is -0.0725. The summed E-state index contributed by atoms with van der Waals surface area (Å²) >= 11 is 0. The molecule has 1 saturated carbocycles. The lowest BCUT2D eigenvalue weighted by Gasteiger charge is -2.55. The number of imidazole rings is 1. The number of rotatable bonds is 11. The third kappa shape index (κ3) is 7.64. The summed E-state index contributed by atoms with van der Waals surface area (Å²) in [5, 5.41) is 13.6. The number of fused-ring (bicyclic) bond motifs is 4. The highest BCUT2D eigenvalue weighted by Gasteiger charge is 2.46. The van der Waals surface area contributed by atoms with E-state index in [0.717, 1.165) is 82.5 Å². The minimum absolute atomic E-state index is 0.00905. The first-order valence-corrected chi connectivity index (χ1v) is 23.3. The number of likely N-dealkylation sites (tertiary alicyclic amines) is 2. The highest BCUT2D eigenvalue weighted by molar-refractivity contribution is 6.08. The number of hydrogen-bond donors (Lipinski definition) is 2. The molecule has 3 atom stereocenters. The summed E-state index contributed by atoms with van der Waals surface area (Å²) < 4.78 is 40.5. The predicted octanol–water partition coefficient (Wildman–Crippen LogP) is 4.01. The molecular formula is C46H54F2N12O6. The van der Waals surface area contributed by atoms with Crippen LogP contribution in [0.1, 0.15) is 104 Å². The molecule has 6 aliphatic rings. The second-order valence-electron chi connectivity index (χ2n) is 19.5. The molecule has 5 aromatic rings. The molecule has 1 spiro atoms. The summed E-state index contributed by atoms with van der Waals surface area (Å²) in [4.78, 5) is 76.2. The van der Waals surface area contributed by atoms with Crippen LogP contribution in [0.25, 0.3) is 16.7 Å². The second-order valence-corrected chi connectivity index (χ2v) is 19.5. The maximum atomic E-state index is 14.3. The van der Waals surface area contributed by atoms with Crippen LogP contribution in [0.5, 0.6) is 0 Å². The number of benzene rings is 1. The Bertz CT molecular complexity index is 2790. The van der Waals surface area contributed by atoms with Gasteiger partial charge >= 0.3 is 5.69 Å². The number of morpholine rings is 1. The van der Waals surface area contributed by atoms with Crippen LogP contribution >= 0.6 is 0 Å². The quantitative estimate of drug-likeness (QED) is 0.183. The van der Waals surface area contributed by atoms with Crippen LogP contribution in [0.4, 0.5) is 20.3 Å². The first-order valence-electron chi connectivity index (χ1n) is 23.3. The van der Waals surface area contributed by atoms with Crippen molar-refractivity contribution in [3.8, 4) is 0 Å². The summed E-state index contributed by atoms with van der Waals surface area (Å²) in [6, 6.07) is 6.87. The molecule has 9 heterocycles. The predicted molar refractivity (Wildman–Crippen MR) is 236 cm³/mol. The van der Waals surface area contributed by atoms with Crippen molar-refractivity contribution in [3.05, 3.63) is 70.2 Å². The van der Waals surface area contributed by atoms with E-state index in [2.05, 4.69) is 30.6 Å². The number of alkyl halides is 2. The zero-order valence-corrected chi connectivity index (χ0v) is 36.9. The molecule has 0 radical (unpaired) electrons. The molecule has 4 aromatic heterocycles. The Kier molecular flexibility index (Phi) is 10.8. The van der Waals surface area contributed by atoms with Gasteiger partial charge in [-0.15, -0.1) is 0 Å². The lowest BCUT2D eigenvalue weighted by atomic mass is 9.71. The zero-order chi connectivity index (χ0) is 45.4. The second kappa shape index (κ2) is 16.7.